The van der Waals surface area contributed by atoms with E-state index in [0.717, 1.165) is 5.56 Å². The van der Waals surface area contributed by atoms with Crippen LogP contribution in [-0.4, -0.2) is 22.6 Å². The van der Waals surface area contributed by atoms with Crippen molar-refractivity contribution >= 4 is 16.9 Å². The topological polar surface area (TPSA) is 61.2 Å². The van der Waals surface area contributed by atoms with Gasteiger partial charge in [0.15, 0.2) is 0 Å². The van der Waals surface area contributed by atoms with Crippen molar-refractivity contribution in [2.75, 3.05) is 7.11 Å². The molecule has 6 heteroatoms. The molecule has 3 aromatic rings. The quantitative estimate of drug-likeness (QED) is 0.694. The first-order chi connectivity index (χ1) is 11.5. The van der Waals surface area contributed by atoms with Crippen LogP contribution in [0.25, 0.3) is 10.9 Å². The Kier molecular flexibility index (Phi) is 4.12. The Morgan fingerprint density at radius 2 is 1.92 bits per heavy atom. The highest BCUT2D eigenvalue weighted by molar-refractivity contribution is 5.89. The minimum absolute atomic E-state index is 0.252. The van der Waals surface area contributed by atoms with Crippen molar-refractivity contribution in [1.82, 2.24) is 9.55 Å². The molecule has 0 N–H and O–H groups in total. The molecule has 0 aliphatic carbocycles. The predicted octanol–water partition coefficient (Wildman–Crippen LogP) is 2.45. The van der Waals surface area contributed by atoms with E-state index in [0.29, 0.717) is 23.3 Å². The first-order valence-electron chi connectivity index (χ1n) is 7.32. The number of rotatable bonds is 3. The molecule has 0 unspecified atom stereocenters. The number of carbonyl (C=O) groups excluding carboxylic acids is 1. The van der Waals surface area contributed by atoms with Gasteiger partial charge in [-0.25, -0.2) is 14.2 Å². The van der Waals surface area contributed by atoms with Crippen LogP contribution in [0.2, 0.25) is 0 Å². The zero-order valence-corrected chi connectivity index (χ0v) is 13.2. The Morgan fingerprint density at radius 3 is 2.58 bits per heavy atom. The average molecular weight is 326 g/mol. The molecule has 1 heterocycles. The lowest BCUT2D eigenvalue weighted by atomic mass is 10.1. The van der Waals surface area contributed by atoms with E-state index in [1.807, 2.05) is 0 Å². The summed E-state index contributed by atoms with van der Waals surface area (Å²) < 4.78 is 19.4. The minimum Gasteiger partial charge on any atom is -0.465 e. The van der Waals surface area contributed by atoms with Crippen LogP contribution < -0.4 is 5.56 Å². The van der Waals surface area contributed by atoms with Crippen LogP contribution in [0.5, 0.6) is 0 Å². The Bertz CT molecular complexity index is 978. The molecule has 0 saturated heterocycles. The summed E-state index contributed by atoms with van der Waals surface area (Å²) in [6.07, 6.45) is 0.417. The van der Waals surface area contributed by atoms with Gasteiger partial charge in [-0.2, -0.15) is 0 Å². The monoisotopic (exact) mass is 326 g/mol. The second-order valence-corrected chi connectivity index (χ2v) is 5.42. The predicted molar refractivity (Wildman–Crippen MR) is 87.5 cm³/mol. The van der Waals surface area contributed by atoms with E-state index in [-0.39, 0.29) is 10.9 Å². The third-order valence-electron chi connectivity index (χ3n) is 3.87. The third-order valence-corrected chi connectivity index (χ3v) is 3.87. The number of hydrogen-bond donors (Lipinski definition) is 0. The number of benzene rings is 2. The molecule has 0 aliphatic heterocycles. The highest BCUT2D eigenvalue weighted by Crippen LogP contribution is 2.13. The third kappa shape index (κ3) is 2.90. The summed E-state index contributed by atoms with van der Waals surface area (Å²) in [6, 6.07) is 10.9. The Morgan fingerprint density at radius 1 is 1.21 bits per heavy atom. The zero-order valence-electron chi connectivity index (χ0n) is 13.2. The van der Waals surface area contributed by atoms with Crippen molar-refractivity contribution in [3.8, 4) is 0 Å². The van der Waals surface area contributed by atoms with Gasteiger partial charge in [0.1, 0.15) is 11.6 Å². The number of carbonyl (C=O) groups is 1. The Labute approximate surface area is 137 Å². The van der Waals surface area contributed by atoms with Gasteiger partial charge in [0.05, 0.1) is 23.6 Å². The van der Waals surface area contributed by atoms with Crippen LogP contribution in [0, 0.1) is 5.82 Å². The number of methoxy groups -OCH3 is 1. The summed E-state index contributed by atoms with van der Waals surface area (Å²) >= 11 is 0. The zero-order chi connectivity index (χ0) is 17.3. The molecule has 0 spiro atoms. The van der Waals surface area contributed by atoms with E-state index in [4.69, 9.17) is 0 Å². The molecule has 122 valence electrons. The van der Waals surface area contributed by atoms with Crippen LogP contribution in [0.15, 0.2) is 47.3 Å². The fourth-order valence-corrected chi connectivity index (χ4v) is 2.51. The van der Waals surface area contributed by atoms with Gasteiger partial charge in [0.25, 0.3) is 5.56 Å². The number of aromatic nitrogens is 2. The van der Waals surface area contributed by atoms with Crippen LogP contribution in [0.1, 0.15) is 21.7 Å². The Balaban J connectivity index is 1.98. The standard InChI is InChI=1S/C18H15FN2O3/c1-21-16(9-11-3-5-12(6-4-11)18(23)24-2)20-15-8-7-13(19)10-14(15)17(21)22/h3-8,10H,9H2,1-2H3. The number of nitrogens with zero attached hydrogens (tertiary/aromatic N) is 2. The largest absolute Gasteiger partial charge is 0.465 e. The van der Waals surface area contributed by atoms with Gasteiger partial charge in [-0.3, -0.25) is 9.36 Å². The number of halogens is 1. The van der Waals surface area contributed by atoms with E-state index in [1.54, 1.807) is 31.3 Å². The molecule has 0 aliphatic rings. The smallest absolute Gasteiger partial charge is 0.337 e. The fourth-order valence-electron chi connectivity index (χ4n) is 2.51. The molecule has 24 heavy (non-hydrogen) atoms. The molecule has 0 radical (unpaired) electrons. The van der Waals surface area contributed by atoms with Crippen LogP contribution in [0.3, 0.4) is 0 Å². The minimum atomic E-state index is -0.465. The van der Waals surface area contributed by atoms with Crippen LogP contribution in [0.4, 0.5) is 4.39 Å². The van der Waals surface area contributed by atoms with Crippen molar-refractivity contribution in [1.29, 1.82) is 0 Å². The molecule has 0 saturated carbocycles. The number of ether oxygens (including phenoxy) is 1. The molecule has 2 aromatic carbocycles. The lowest BCUT2D eigenvalue weighted by molar-refractivity contribution is 0.0600. The van der Waals surface area contributed by atoms with E-state index >= 15 is 0 Å². The van der Waals surface area contributed by atoms with E-state index in [9.17, 15) is 14.0 Å². The number of hydrogen-bond acceptors (Lipinski definition) is 4. The molecule has 0 fully saturated rings. The van der Waals surface area contributed by atoms with Gasteiger partial charge in [-0.05, 0) is 35.9 Å². The molecule has 3 rings (SSSR count). The molecule has 1 aromatic heterocycles. The maximum absolute atomic E-state index is 13.3. The maximum Gasteiger partial charge on any atom is 0.337 e. The first kappa shape index (κ1) is 15.9. The Hall–Kier alpha value is -3.02. The highest BCUT2D eigenvalue weighted by atomic mass is 19.1. The van der Waals surface area contributed by atoms with Gasteiger partial charge >= 0.3 is 5.97 Å². The number of fused-ring (bicyclic) bond motifs is 1. The van der Waals surface area contributed by atoms with Gasteiger partial charge in [-0.1, -0.05) is 12.1 Å². The summed E-state index contributed by atoms with van der Waals surface area (Å²) in [5.74, 6) is -0.308. The second-order valence-electron chi connectivity index (χ2n) is 5.42. The lowest BCUT2D eigenvalue weighted by Gasteiger charge is -2.10. The summed E-state index contributed by atoms with van der Waals surface area (Å²) in [4.78, 5) is 28.3. The lowest BCUT2D eigenvalue weighted by Crippen LogP contribution is -2.22. The number of esters is 1. The van der Waals surface area contributed by atoms with Gasteiger partial charge in [0.2, 0.25) is 0 Å². The molecular weight excluding hydrogens is 311 g/mol. The van der Waals surface area contributed by atoms with Crippen molar-refractivity contribution in [3.05, 3.63) is 75.6 Å². The molecule has 0 atom stereocenters. The molecular formula is C18H15FN2O3. The summed E-state index contributed by atoms with van der Waals surface area (Å²) in [5.41, 5.74) is 1.52. The molecule has 0 bridgehead atoms. The van der Waals surface area contributed by atoms with E-state index in [1.165, 1.54) is 29.9 Å². The van der Waals surface area contributed by atoms with Gasteiger partial charge in [-0.15, -0.1) is 0 Å². The van der Waals surface area contributed by atoms with E-state index < -0.39 is 11.8 Å². The fraction of sp³-hybridized carbons (Fsp3) is 0.167. The van der Waals surface area contributed by atoms with Crippen molar-refractivity contribution < 1.29 is 13.9 Å². The van der Waals surface area contributed by atoms with Gasteiger partial charge < -0.3 is 4.74 Å². The second kappa shape index (κ2) is 6.23. The van der Waals surface area contributed by atoms with Crippen LogP contribution in [-0.2, 0) is 18.2 Å². The molecule has 5 nitrogen and oxygen atoms in total. The summed E-state index contributed by atoms with van der Waals surface area (Å²) in [7, 11) is 2.94. The van der Waals surface area contributed by atoms with Crippen LogP contribution >= 0.6 is 0 Å². The normalized spacial score (nSPS) is 10.8. The highest BCUT2D eigenvalue weighted by Gasteiger charge is 2.11. The summed E-state index contributed by atoms with van der Waals surface area (Å²) in [6.45, 7) is 0. The average Bonchev–Trinajstić information content (AvgIpc) is 2.60. The first-order valence-corrected chi connectivity index (χ1v) is 7.32. The SMILES string of the molecule is COC(=O)c1ccc(Cc2nc3ccc(F)cc3c(=O)n2C)cc1. The summed E-state index contributed by atoms with van der Waals surface area (Å²) in [5, 5.41) is 0.252. The molecule has 0 amide bonds. The van der Waals surface area contributed by atoms with Crippen molar-refractivity contribution in [3.63, 3.8) is 0 Å². The maximum atomic E-state index is 13.3. The van der Waals surface area contributed by atoms with Crippen molar-refractivity contribution in [2.45, 2.75) is 6.42 Å². The van der Waals surface area contributed by atoms with E-state index in [2.05, 4.69) is 9.72 Å². The van der Waals surface area contributed by atoms with Gasteiger partial charge in [0, 0.05) is 13.5 Å². The van der Waals surface area contributed by atoms with Crippen molar-refractivity contribution in [2.24, 2.45) is 7.05 Å².